The highest BCUT2D eigenvalue weighted by atomic mass is 19.4. The molecule has 0 aromatic heterocycles. The number of amides is 1. The Morgan fingerprint density at radius 3 is 1.47 bits per heavy atom. The Morgan fingerprint density at radius 2 is 1.11 bits per heavy atom. The minimum absolute atomic E-state index is 0.204. The normalized spacial score (nSPS) is 18.4. The quantitative estimate of drug-likeness (QED) is 0.320. The largest absolute Gasteiger partial charge is 0.462 e. The molecule has 0 saturated heterocycles. The van der Waals surface area contributed by atoms with Crippen molar-refractivity contribution in [1.29, 1.82) is 0 Å². The van der Waals surface area contributed by atoms with Crippen molar-refractivity contribution >= 4 is 5.91 Å². The van der Waals surface area contributed by atoms with Crippen LogP contribution in [-0.2, 0) is 14.3 Å². The molecule has 0 saturated carbocycles. The molecule has 0 aliphatic heterocycles. The van der Waals surface area contributed by atoms with E-state index in [9.17, 15) is 79.4 Å². The second-order valence-electron chi connectivity index (χ2n) is 7.10. The van der Waals surface area contributed by atoms with E-state index in [-0.39, 0.29) is 5.56 Å². The van der Waals surface area contributed by atoms with Crippen molar-refractivity contribution in [3.8, 4) is 0 Å². The van der Waals surface area contributed by atoms with E-state index in [0.717, 1.165) is 24.4 Å². The zero-order valence-corrected chi connectivity index (χ0v) is 17.6. The summed E-state index contributed by atoms with van der Waals surface area (Å²) in [6, 6.07) is 3.91. The third-order valence-electron chi connectivity index (χ3n) is 4.30. The molecule has 1 aromatic carbocycles. The Labute approximate surface area is 198 Å². The van der Waals surface area contributed by atoms with Crippen molar-refractivity contribution in [2.75, 3.05) is 0 Å². The lowest BCUT2D eigenvalue weighted by Gasteiger charge is -2.40. The molecule has 0 fully saturated rings. The van der Waals surface area contributed by atoms with Crippen LogP contribution in [-0.4, -0.2) is 54.3 Å². The summed E-state index contributed by atoms with van der Waals surface area (Å²) in [5.41, 5.74) is -0.204. The van der Waals surface area contributed by atoms with Crippen LogP contribution in [0.1, 0.15) is 18.5 Å². The molecular formula is C17H10F17NO3. The zero-order valence-electron chi connectivity index (χ0n) is 17.6. The van der Waals surface area contributed by atoms with Crippen molar-refractivity contribution in [2.45, 2.75) is 61.3 Å². The maximum absolute atomic E-state index is 14.5. The molecule has 3 atom stereocenters. The lowest BCUT2D eigenvalue weighted by atomic mass is 10.1. The number of ether oxygens (including phenoxy) is 2. The molecule has 0 unspecified atom stereocenters. The van der Waals surface area contributed by atoms with Gasteiger partial charge in [-0.25, -0.2) is 0 Å². The van der Waals surface area contributed by atoms with Gasteiger partial charge in [-0.3, -0.25) is 14.3 Å². The first-order valence-electron chi connectivity index (χ1n) is 9.05. The first kappa shape index (κ1) is 33.4. The van der Waals surface area contributed by atoms with Gasteiger partial charge in [0.1, 0.15) is 0 Å². The van der Waals surface area contributed by atoms with Crippen molar-refractivity contribution in [3.63, 3.8) is 0 Å². The first-order chi connectivity index (χ1) is 16.6. The van der Waals surface area contributed by atoms with Crippen molar-refractivity contribution in [1.82, 2.24) is 5.32 Å². The third kappa shape index (κ3) is 6.01. The minimum Gasteiger partial charge on any atom is -0.344 e. The summed E-state index contributed by atoms with van der Waals surface area (Å²) in [5, 5.41) is 0.995. The molecule has 1 N–H and O–H groups in total. The van der Waals surface area contributed by atoms with Crippen LogP contribution >= 0.6 is 0 Å². The van der Waals surface area contributed by atoms with E-state index in [2.05, 4.69) is 0 Å². The van der Waals surface area contributed by atoms with Crippen LogP contribution in [0.2, 0.25) is 0 Å². The van der Waals surface area contributed by atoms with Crippen molar-refractivity contribution in [3.05, 3.63) is 35.9 Å². The van der Waals surface area contributed by atoms with Crippen LogP contribution in [0.3, 0.4) is 0 Å². The number of carbonyl (C=O) groups excluding carboxylic acids is 1. The van der Waals surface area contributed by atoms with Crippen LogP contribution in [0.15, 0.2) is 30.3 Å². The topological polar surface area (TPSA) is 47.6 Å². The molecule has 0 aliphatic rings. The highest BCUT2D eigenvalue weighted by molar-refractivity contribution is 5.85. The van der Waals surface area contributed by atoms with E-state index in [1.807, 2.05) is 4.74 Å². The van der Waals surface area contributed by atoms with Crippen molar-refractivity contribution < 1.29 is 88.9 Å². The van der Waals surface area contributed by atoms with Crippen molar-refractivity contribution in [2.24, 2.45) is 0 Å². The summed E-state index contributed by atoms with van der Waals surface area (Å²) in [6.45, 7) is 0.750. The number of benzene rings is 1. The number of carbonyl (C=O) groups is 1. The average Bonchev–Trinajstić information content (AvgIpc) is 2.70. The summed E-state index contributed by atoms with van der Waals surface area (Å²) >= 11 is 0. The smallest absolute Gasteiger partial charge is 0.344 e. The van der Waals surface area contributed by atoms with Gasteiger partial charge in [0.05, 0.1) is 6.04 Å². The maximum Gasteiger partial charge on any atom is 0.462 e. The second-order valence-corrected chi connectivity index (χ2v) is 7.10. The number of hydrogen-bond donors (Lipinski definition) is 1. The lowest BCUT2D eigenvalue weighted by Crippen LogP contribution is -2.68. The molecule has 0 bridgehead atoms. The van der Waals surface area contributed by atoms with Gasteiger partial charge in [-0.15, -0.1) is 0 Å². The summed E-state index contributed by atoms with van der Waals surface area (Å²) in [5.74, 6) is -26.1. The molecule has 21 heteroatoms. The summed E-state index contributed by atoms with van der Waals surface area (Å²) in [6.07, 6.45) is -38.5. The zero-order chi connectivity index (χ0) is 30.4. The van der Waals surface area contributed by atoms with Gasteiger partial charge in [0, 0.05) is 0 Å². The van der Waals surface area contributed by atoms with Crippen LogP contribution < -0.4 is 5.32 Å². The predicted octanol–water partition coefficient (Wildman–Crippen LogP) is 6.74. The molecule has 0 aliphatic carbocycles. The van der Waals surface area contributed by atoms with Crippen LogP contribution in [0.4, 0.5) is 74.6 Å². The highest BCUT2D eigenvalue weighted by Gasteiger charge is 2.85. The van der Waals surface area contributed by atoms with E-state index in [4.69, 9.17) is 0 Å². The number of hydrogen-bond acceptors (Lipinski definition) is 3. The Bertz CT molecular complexity index is 975. The molecule has 0 radical (unpaired) electrons. The SMILES string of the molecule is C[C@H](NC(=O)[C@](F)(OC(F)(F)[C@](F)(OC(F)(F)C(F)(F)C(F)(F)F)C(F)(F)F)C(F)(F)F)c1ccccc1. The van der Waals surface area contributed by atoms with E-state index < -0.39 is 60.3 Å². The van der Waals surface area contributed by atoms with Gasteiger partial charge in [0.2, 0.25) is 0 Å². The Morgan fingerprint density at radius 1 is 0.658 bits per heavy atom. The van der Waals surface area contributed by atoms with E-state index in [1.165, 1.54) is 22.9 Å². The fourth-order valence-electron chi connectivity index (χ4n) is 2.28. The number of nitrogens with one attached hydrogen (secondary N) is 1. The van der Waals surface area contributed by atoms with Gasteiger partial charge in [-0.2, -0.15) is 74.6 Å². The van der Waals surface area contributed by atoms with Crippen LogP contribution in [0, 0.1) is 0 Å². The molecule has 1 amide bonds. The van der Waals surface area contributed by atoms with Crippen LogP contribution in [0.25, 0.3) is 0 Å². The number of halogens is 17. The minimum atomic E-state index is -8.05. The molecule has 0 heterocycles. The van der Waals surface area contributed by atoms with E-state index >= 15 is 0 Å². The second kappa shape index (κ2) is 9.87. The van der Waals surface area contributed by atoms with Gasteiger partial charge >= 0.3 is 48.4 Å². The molecule has 220 valence electrons. The van der Waals surface area contributed by atoms with Gasteiger partial charge in [0.15, 0.2) is 0 Å². The highest BCUT2D eigenvalue weighted by Crippen LogP contribution is 2.56. The molecule has 38 heavy (non-hydrogen) atoms. The average molecular weight is 599 g/mol. The Hall–Kier alpha value is -2.58. The van der Waals surface area contributed by atoms with E-state index in [0.29, 0.717) is 0 Å². The number of rotatable bonds is 9. The first-order valence-corrected chi connectivity index (χ1v) is 9.05. The summed E-state index contributed by atoms with van der Waals surface area (Å²) in [7, 11) is 0. The molecule has 1 aromatic rings. The van der Waals surface area contributed by atoms with Gasteiger partial charge < -0.3 is 5.32 Å². The standard InChI is InChI=1S/C17H10F17NO3/c1-7(8-5-3-2-4-6-8)35-9(36)10(18,13(22,23)24)37-17(33,34)12(21,15(28,29)30)38-16(31,32)11(19,20)14(25,26)27/h2-7H,1H3,(H,35,36)/t7-,10-,12+/m0/s1. The van der Waals surface area contributed by atoms with Crippen LogP contribution in [0.5, 0.6) is 0 Å². The fourth-order valence-corrected chi connectivity index (χ4v) is 2.28. The molecule has 4 nitrogen and oxygen atoms in total. The molecule has 0 spiro atoms. The third-order valence-corrected chi connectivity index (χ3v) is 4.30. The van der Waals surface area contributed by atoms with Gasteiger partial charge in [-0.1, -0.05) is 30.3 Å². The Kier molecular flexibility index (Phi) is 8.68. The predicted molar refractivity (Wildman–Crippen MR) is 85.9 cm³/mol. The fraction of sp³-hybridized carbons (Fsp3) is 0.588. The molecule has 1 rings (SSSR count). The maximum atomic E-state index is 14.5. The van der Waals surface area contributed by atoms with Gasteiger partial charge in [0.25, 0.3) is 5.91 Å². The lowest BCUT2D eigenvalue weighted by molar-refractivity contribution is -0.548. The Balaban J connectivity index is 3.58. The molecular weight excluding hydrogens is 589 g/mol. The summed E-state index contributed by atoms with van der Waals surface area (Å²) < 4.78 is 227. The van der Waals surface area contributed by atoms with Gasteiger partial charge in [-0.05, 0) is 12.5 Å². The summed E-state index contributed by atoms with van der Waals surface area (Å²) in [4.78, 5) is 11.8. The number of alkyl halides is 17. The van der Waals surface area contributed by atoms with E-state index in [1.54, 1.807) is 0 Å². The monoisotopic (exact) mass is 599 g/mol.